The Morgan fingerprint density at radius 2 is 1.77 bits per heavy atom. The second-order valence-corrected chi connectivity index (χ2v) is 6.90. The van der Waals surface area contributed by atoms with Gasteiger partial charge in [0.25, 0.3) is 5.91 Å². The van der Waals surface area contributed by atoms with Crippen molar-refractivity contribution in [2.24, 2.45) is 0 Å². The zero-order valence-corrected chi connectivity index (χ0v) is 16.2. The fraction of sp³-hybridized carbons (Fsp3) is 0.238. The quantitative estimate of drug-likeness (QED) is 0.666. The fourth-order valence-electron chi connectivity index (χ4n) is 3.49. The monoisotopic (exact) mass is 408 g/mol. The Labute approximate surface area is 171 Å². The van der Waals surface area contributed by atoms with Crippen LogP contribution in [-0.4, -0.2) is 51.8 Å². The Bertz CT molecular complexity index is 1130. The van der Waals surface area contributed by atoms with Crippen molar-refractivity contribution in [1.29, 1.82) is 5.26 Å². The van der Waals surface area contributed by atoms with Gasteiger partial charge in [0.05, 0.1) is 11.4 Å². The predicted octanol–water partition coefficient (Wildman–Crippen LogP) is 2.69. The Morgan fingerprint density at radius 3 is 2.43 bits per heavy atom. The van der Waals surface area contributed by atoms with E-state index < -0.39 is 5.82 Å². The molecular weight excluding hydrogens is 390 g/mol. The van der Waals surface area contributed by atoms with Crippen molar-refractivity contribution in [3.63, 3.8) is 0 Å². The molecule has 1 aliphatic rings. The molecule has 0 atom stereocenters. The summed E-state index contributed by atoms with van der Waals surface area (Å²) >= 11 is 0. The first-order chi connectivity index (χ1) is 14.5. The molecule has 0 radical (unpaired) electrons. The standard InChI is InChI=1S/C21H18F2N6O/c1-14-25-20(26-29(14)16-7-5-15(22)6-8-16)21(30)28-11-9-27(10-12-28)19-4-2-3-18(23)17(19)13-24/h2-8H,9-12H2,1H3. The van der Waals surface area contributed by atoms with Crippen LogP contribution in [0.5, 0.6) is 0 Å². The van der Waals surface area contributed by atoms with Crippen molar-refractivity contribution in [1.82, 2.24) is 19.7 Å². The van der Waals surface area contributed by atoms with Crippen LogP contribution in [0, 0.1) is 29.9 Å². The van der Waals surface area contributed by atoms with Gasteiger partial charge >= 0.3 is 0 Å². The number of hydrogen-bond acceptors (Lipinski definition) is 5. The molecule has 2 heterocycles. The van der Waals surface area contributed by atoms with Crippen molar-refractivity contribution in [2.45, 2.75) is 6.92 Å². The number of nitriles is 1. The second kappa shape index (κ2) is 7.91. The summed E-state index contributed by atoms with van der Waals surface area (Å²) < 4.78 is 28.5. The predicted molar refractivity (Wildman–Crippen MR) is 105 cm³/mol. The van der Waals surface area contributed by atoms with Crippen molar-refractivity contribution in [3.05, 3.63) is 71.3 Å². The van der Waals surface area contributed by atoms with E-state index in [1.165, 1.54) is 22.9 Å². The number of hydrogen-bond donors (Lipinski definition) is 0. The number of aryl methyl sites for hydroxylation is 1. The number of piperazine rings is 1. The van der Waals surface area contributed by atoms with Gasteiger partial charge in [-0.05, 0) is 43.3 Å². The molecule has 3 aromatic rings. The molecule has 7 nitrogen and oxygen atoms in total. The van der Waals surface area contributed by atoms with E-state index in [4.69, 9.17) is 0 Å². The highest BCUT2D eigenvalue weighted by molar-refractivity contribution is 5.90. The first-order valence-corrected chi connectivity index (χ1v) is 9.40. The third-order valence-electron chi connectivity index (χ3n) is 5.04. The molecule has 0 saturated carbocycles. The SMILES string of the molecule is Cc1nc(C(=O)N2CCN(c3cccc(F)c3C#N)CC2)nn1-c1ccc(F)cc1. The van der Waals surface area contributed by atoms with Crippen LogP contribution in [0.2, 0.25) is 0 Å². The highest BCUT2D eigenvalue weighted by Crippen LogP contribution is 2.24. The lowest BCUT2D eigenvalue weighted by atomic mass is 10.1. The van der Waals surface area contributed by atoms with E-state index in [0.717, 1.165) is 0 Å². The Balaban J connectivity index is 1.48. The molecule has 1 aromatic heterocycles. The third-order valence-corrected chi connectivity index (χ3v) is 5.04. The van der Waals surface area contributed by atoms with Gasteiger partial charge in [-0.2, -0.15) is 5.26 Å². The van der Waals surface area contributed by atoms with Crippen molar-refractivity contribution in [3.8, 4) is 11.8 Å². The summed E-state index contributed by atoms with van der Waals surface area (Å²) in [6.45, 7) is 3.43. The molecule has 0 N–H and O–H groups in total. The minimum atomic E-state index is -0.556. The van der Waals surface area contributed by atoms with E-state index in [-0.39, 0.29) is 23.1 Å². The molecule has 4 rings (SSSR count). The van der Waals surface area contributed by atoms with Gasteiger partial charge in [0.1, 0.15) is 29.1 Å². The topological polar surface area (TPSA) is 78.1 Å². The Kier molecular flexibility index (Phi) is 5.14. The highest BCUT2D eigenvalue weighted by Gasteiger charge is 2.27. The first kappa shape index (κ1) is 19.5. The van der Waals surface area contributed by atoms with Gasteiger partial charge < -0.3 is 9.80 Å². The number of aromatic nitrogens is 3. The third kappa shape index (κ3) is 3.59. The average Bonchev–Trinajstić information content (AvgIpc) is 3.15. The van der Waals surface area contributed by atoms with Crippen LogP contribution in [0.4, 0.5) is 14.5 Å². The minimum absolute atomic E-state index is 0.00705. The molecule has 9 heteroatoms. The fourth-order valence-corrected chi connectivity index (χ4v) is 3.49. The second-order valence-electron chi connectivity index (χ2n) is 6.90. The first-order valence-electron chi connectivity index (χ1n) is 9.40. The van der Waals surface area contributed by atoms with Gasteiger partial charge in [-0.25, -0.2) is 18.4 Å². The number of nitrogens with zero attached hydrogens (tertiary/aromatic N) is 6. The van der Waals surface area contributed by atoms with Crippen LogP contribution >= 0.6 is 0 Å². The maximum absolute atomic E-state index is 13.9. The van der Waals surface area contributed by atoms with Crippen LogP contribution < -0.4 is 4.90 Å². The zero-order valence-electron chi connectivity index (χ0n) is 16.2. The summed E-state index contributed by atoms with van der Waals surface area (Å²) in [5.41, 5.74) is 1.15. The van der Waals surface area contributed by atoms with E-state index in [1.54, 1.807) is 36.1 Å². The molecule has 0 spiro atoms. The van der Waals surface area contributed by atoms with E-state index >= 15 is 0 Å². The molecule has 2 aromatic carbocycles. The van der Waals surface area contributed by atoms with Gasteiger partial charge in [-0.3, -0.25) is 4.79 Å². The Hall–Kier alpha value is -3.80. The molecule has 1 aliphatic heterocycles. The lowest BCUT2D eigenvalue weighted by Gasteiger charge is -2.36. The van der Waals surface area contributed by atoms with Crippen LogP contribution in [0.15, 0.2) is 42.5 Å². The molecule has 30 heavy (non-hydrogen) atoms. The van der Waals surface area contributed by atoms with Crippen molar-refractivity contribution < 1.29 is 13.6 Å². The summed E-state index contributed by atoms with van der Waals surface area (Å²) in [7, 11) is 0. The molecule has 1 fully saturated rings. The number of anilines is 1. The summed E-state index contributed by atoms with van der Waals surface area (Å²) in [6.07, 6.45) is 0. The van der Waals surface area contributed by atoms with Crippen molar-refractivity contribution >= 4 is 11.6 Å². The summed E-state index contributed by atoms with van der Waals surface area (Å²) in [5.74, 6) is -0.642. The largest absolute Gasteiger partial charge is 0.367 e. The lowest BCUT2D eigenvalue weighted by Crippen LogP contribution is -2.49. The average molecular weight is 408 g/mol. The van der Waals surface area contributed by atoms with Gasteiger partial charge in [0, 0.05) is 26.2 Å². The summed E-state index contributed by atoms with van der Waals surface area (Å²) in [4.78, 5) is 20.6. The van der Waals surface area contributed by atoms with Crippen LogP contribution in [0.25, 0.3) is 5.69 Å². The summed E-state index contributed by atoms with van der Waals surface area (Å²) in [6, 6.07) is 12.2. The number of rotatable bonds is 3. The molecule has 1 amide bonds. The van der Waals surface area contributed by atoms with E-state index in [9.17, 15) is 18.8 Å². The molecule has 1 saturated heterocycles. The molecule has 152 valence electrons. The van der Waals surface area contributed by atoms with Gasteiger partial charge in [0.2, 0.25) is 5.82 Å². The van der Waals surface area contributed by atoms with Crippen molar-refractivity contribution in [2.75, 3.05) is 31.1 Å². The molecular formula is C21H18F2N6O. The van der Waals surface area contributed by atoms with E-state index in [2.05, 4.69) is 10.1 Å². The minimum Gasteiger partial charge on any atom is -0.367 e. The Morgan fingerprint density at radius 1 is 1.07 bits per heavy atom. The maximum atomic E-state index is 13.9. The smallest absolute Gasteiger partial charge is 0.293 e. The molecule has 0 unspecified atom stereocenters. The van der Waals surface area contributed by atoms with E-state index in [1.807, 2.05) is 11.0 Å². The van der Waals surface area contributed by atoms with Crippen LogP contribution in [0.3, 0.4) is 0 Å². The normalized spacial score (nSPS) is 13.9. The zero-order chi connectivity index (χ0) is 21.3. The van der Waals surface area contributed by atoms with Gasteiger partial charge in [-0.1, -0.05) is 6.07 Å². The number of carbonyl (C=O) groups is 1. The van der Waals surface area contributed by atoms with Gasteiger partial charge in [0.15, 0.2) is 0 Å². The highest BCUT2D eigenvalue weighted by atomic mass is 19.1. The maximum Gasteiger partial charge on any atom is 0.293 e. The summed E-state index contributed by atoms with van der Waals surface area (Å²) in [5, 5.41) is 13.5. The van der Waals surface area contributed by atoms with Gasteiger partial charge in [-0.15, -0.1) is 5.10 Å². The molecule has 0 aliphatic carbocycles. The van der Waals surface area contributed by atoms with Crippen LogP contribution in [0.1, 0.15) is 22.0 Å². The number of halogens is 2. The molecule has 0 bridgehead atoms. The number of amides is 1. The number of carbonyl (C=O) groups excluding carboxylic acids is 1. The van der Waals surface area contributed by atoms with E-state index in [0.29, 0.717) is 43.4 Å². The number of benzene rings is 2. The lowest BCUT2D eigenvalue weighted by molar-refractivity contribution is 0.0734. The van der Waals surface area contributed by atoms with Crippen LogP contribution in [-0.2, 0) is 0 Å².